The van der Waals surface area contributed by atoms with Crippen molar-refractivity contribution in [2.75, 3.05) is 5.32 Å². The number of nitrogens with one attached hydrogen (secondary N) is 3. The largest absolute Gasteiger partial charge is 0.489 e. The Morgan fingerprint density at radius 3 is 2.14 bits per heavy atom. The van der Waals surface area contributed by atoms with Gasteiger partial charge in [-0.15, -0.1) is 0 Å². The Hall–Kier alpha value is -5.44. The van der Waals surface area contributed by atoms with E-state index in [1.807, 2.05) is 62.4 Å². The quantitative estimate of drug-likeness (QED) is 0.0773. The highest BCUT2D eigenvalue weighted by Crippen LogP contribution is 2.23. The van der Waals surface area contributed by atoms with Crippen LogP contribution in [-0.2, 0) is 21.0 Å². The standard InChI is InChI=1S/C32H32N4O3.CH2O2/c1-21-7-6-8-23(19-21)20-39-28-17-13-24(14-18-28)22(2)35-31(37)29(25-9-4-3-5-10-25)32(38)36-27-15-11-26(12-16-27)30(33)34;2-1-3/h3-19,22,29H,20H2,1-2H3,(H3,33,34)(H,35,37)(H,36,38);1H,(H,2,3). The molecule has 2 unspecified atom stereocenters. The summed E-state index contributed by atoms with van der Waals surface area (Å²) in [6, 6.07) is 30.9. The minimum Gasteiger partial charge on any atom is -0.489 e. The van der Waals surface area contributed by atoms with Crippen molar-refractivity contribution in [2.45, 2.75) is 32.4 Å². The highest BCUT2D eigenvalue weighted by molar-refractivity contribution is 6.11. The number of nitrogen functional groups attached to an aromatic ring is 1. The van der Waals surface area contributed by atoms with Gasteiger partial charge in [0.25, 0.3) is 6.47 Å². The maximum absolute atomic E-state index is 13.4. The number of carbonyl (C=O) groups excluding carboxylic acids is 2. The Morgan fingerprint density at radius 2 is 1.55 bits per heavy atom. The van der Waals surface area contributed by atoms with E-state index < -0.39 is 17.7 Å². The van der Waals surface area contributed by atoms with Gasteiger partial charge in [-0.2, -0.15) is 0 Å². The van der Waals surface area contributed by atoms with Crippen molar-refractivity contribution in [2.24, 2.45) is 5.73 Å². The summed E-state index contributed by atoms with van der Waals surface area (Å²) < 4.78 is 5.91. The number of rotatable bonds is 10. The average molecular weight is 567 g/mol. The third-order valence-corrected chi connectivity index (χ3v) is 6.35. The molecule has 0 saturated heterocycles. The molecule has 0 aromatic heterocycles. The van der Waals surface area contributed by atoms with E-state index in [4.69, 9.17) is 25.8 Å². The first-order chi connectivity index (χ1) is 20.2. The highest BCUT2D eigenvalue weighted by atomic mass is 16.5. The van der Waals surface area contributed by atoms with Crippen LogP contribution in [0.4, 0.5) is 5.69 Å². The highest BCUT2D eigenvalue weighted by Gasteiger charge is 2.29. The van der Waals surface area contributed by atoms with Crippen molar-refractivity contribution in [3.8, 4) is 5.75 Å². The van der Waals surface area contributed by atoms with Gasteiger partial charge in [0.2, 0.25) is 11.8 Å². The number of amides is 2. The molecule has 0 aliphatic heterocycles. The lowest BCUT2D eigenvalue weighted by Crippen LogP contribution is -2.37. The number of aryl methyl sites for hydroxylation is 1. The van der Waals surface area contributed by atoms with Gasteiger partial charge in [-0.05, 0) is 66.9 Å². The van der Waals surface area contributed by atoms with Gasteiger partial charge in [-0.3, -0.25) is 19.8 Å². The molecule has 0 aliphatic carbocycles. The molecular formula is C33H34N4O5. The number of carbonyl (C=O) groups is 3. The molecule has 9 nitrogen and oxygen atoms in total. The summed E-state index contributed by atoms with van der Waals surface area (Å²) in [7, 11) is 0. The van der Waals surface area contributed by atoms with E-state index in [9.17, 15) is 9.59 Å². The first-order valence-corrected chi connectivity index (χ1v) is 13.2. The second kappa shape index (κ2) is 15.4. The van der Waals surface area contributed by atoms with Crippen LogP contribution in [0.25, 0.3) is 0 Å². The summed E-state index contributed by atoms with van der Waals surface area (Å²) in [5.41, 5.74) is 10.3. The van der Waals surface area contributed by atoms with E-state index in [-0.39, 0.29) is 18.3 Å². The normalized spacial score (nSPS) is 11.6. The number of hydrogen-bond acceptors (Lipinski definition) is 5. The number of benzene rings is 4. The maximum atomic E-state index is 13.4. The second-order valence-electron chi connectivity index (χ2n) is 9.51. The zero-order valence-corrected chi connectivity index (χ0v) is 23.4. The van der Waals surface area contributed by atoms with Gasteiger partial charge >= 0.3 is 0 Å². The predicted octanol–water partition coefficient (Wildman–Crippen LogP) is 5.16. The van der Waals surface area contributed by atoms with Gasteiger partial charge in [-0.25, -0.2) is 0 Å². The van der Waals surface area contributed by atoms with Gasteiger partial charge < -0.3 is 26.2 Å². The third kappa shape index (κ3) is 9.06. The van der Waals surface area contributed by atoms with Crippen molar-refractivity contribution in [3.63, 3.8) is 0 Å². The molecule has 6 N–H and O–H groups in total. The van der Waals surface area contributed by atoms with Crippen molar-refractivity contribution >= 4 is 29.8 Å². The van der Waals surface area contributed by atoms with Gasteiger partial charge in [0.05, 0.1) is 6.04 Å². The predicted molar refractivity (Wildman–Crippen MR) is 162 cm³/mol. The Labute approximate surface area is 244 Å². The van der Waals surface area contributed by atoms with E-state index in [0.717, 1.165) is 16.9 Å². The van der Waals surface area contributed by atoms with Gasteiger partial charge in [0, 0.05) is 11.3 Å². The third-order valence-electron chi connectivity index (χ3n) is 6.35. The molecule has 0 radical (unpaired) electrons. The molecule has 4 rings (SSSR count). The lowest BCUT2D eigenvalue weighted by Gasteiger charge is -2.21. The fraction of sp³-hybridized carbons (Fsp3) is 0.152. The Morgan fingerprint density at radius 1 is 0.905 bits per heavy atom. The monoisotopic (exact) mass is 566 g/mol. The van der Waals surface area contributed by atoms with E-state index in [0.29, 0.717) is 23.4 Å². The Kier molecular flexibility index (Phi) is 11.4. The zero-order chi connectivity index (χ0) is 30.5. The minimum absolute atomic E-state index is 0.0609. The SMILES string of the molecule is Cc1cccc(COc2ccc(C(C)NC(=O)C(C(=O)Nc3ccc(C(=N)N)cc3)c3ccccc3)cc2)c1.O=CO. The van der Waals surface area contributed by atoms with Crippen LogP contribution in [0.2, 0.25) is 0 Å². The summed E-state index contributed by atoms with van der Waals surface area (Å²) >= 11 is 0. The number of nitrogens with two attached hydrogens (primary N) is 1. The number of carboxylic acid groups (broad SMARTS) is 1. The molecular weight excluding hydrogens is 532 g/mol. The fourth-order valence-corrected chi connectivity index (χ4v) is 4.22. The minimum atomic E-state index is -1.06. The molecule has 0 fully saturated rings. The maximum Gasteiger partial charge on any atom is 0.290 e. The number of ether oxygens (including phenoxy) is 1. The molecule has 0 aliphatic rings. The summed E-state index contributed by atoms with van der Waals surface area (Å²) in [5.74, 6) is -1.25. The van der Waals surface area contributed by atoms with Crippen molar-refractivity contribution in [1.29, 1.82) is 5.41 Å². The van der Waals surface area contributed by atoms with Gasteiger partial charge in [0.15, 0.2) is 0 Å². The topological polar surface area (TPSA) is 155 Å². The molecule has 0 spiro atoms. The van der Waals surface area contributed by atoms with Crippen molar-refractivity contribution in [3.05, 3.63) is 131 Å². The summed E-state index contributed by atoms with van der Waals surface area (Å²) in [5, 5.41) is 20.2. The van der Waals surface area contributed by atoms with E-state index in [1.54, 1.807) is 48.5 Å². The number of anilines is 1. The van der Waals surface area contributed by atoms with Crippen LogP contribution in [0.15, 0.2) is 103 Å². The van der Waals surface area contributed by atoms with Crippen LogP contribution in [0, 0.1) is 12.3 Å². The molecule has 42 heavy (non-hydrogen) atoms. The summed E-state index contributed by atoms with van der Waals surface area (Å²) in [6.45, 7) is 4.15. The molecule has 0 bridgehead atoms. The lowest BCUT2D eigenvalue weighted by molar-refractivity contribution is -0.129. The lowest BCUT2D eigenvalue weighted by atomic mass is 9.96. The van der Waals surface area contributed by atoms with Crippen LogP contribution in [0.5, 0.6) is 5.75 Å². The molecule has 216 valence electrons. The van der Waals surface area contributed by atoms with Crippen LogP contribution < -0.4 is 21.1 Å². The summed E-state index contributed by atoms with van der Waals surface area (Å²) in [6.07, 6.45) is 0. The first kappa shape index (κ1) is 31.1. The van der Waals surface area contributed by atoms with Gasteiger partial charge in [0.1, 0.15) is 24.1 Å². The molecule has 0 saturated carbocycles. The molecule has 4 aromatic carbocycles. The van der Waals surface area contributed by atoms with Crippen LogP contribution in [0.3, 0.4) is 0 Å². The zero-order valence-electron chi connectivity index (χ0n) is 23.4. The van der Waals surface area contributed by atoms with E-state index in [2.05, 4.69) is 16.7 Å². The fourth-order valence-electron chi connectivity index (χ4n) is 4.22. The van der Waals surface area contributed by atoms with Crippen LogP contribution in [0.1, 0.15) is 46.7 Å². The molecule has 9 heteroatoms. The smallest absolute Gasteiger partial charge is 0.290 e. The van der Waals surface area contributed by atoms with Crippen molar-refractivity contribution in [1.82, 2.24) is 5.32 Å². The van der Waals surface area contributed by atoms with Crippen LogP contribution >= 0.6 is 0 Å². The number of amidine groups is 1. The van der Waals surface area contributed by atoms with E-state index >= 15 is 0 Å². The molecule has 2 amide bonds. The van der Waals surface area contributed by atoms with E-state index in [1.165, 1.54) is 5.56 Å². The summed E-state index contributed by atoms with van der Waals surface area (Å²) in [4.78, 5) is 35.1. The van der Waals surface area contributed by atoms with Crippen LogP contribution in [-0.4, -0.2) is 29.2 Å². The second-order valence-corrected chi connectivity index (χ2v) is 9.51. The molecule has 4 aromatic rings. The van der Waals surface area contributed by atoms with Crippen molar-refractivity contribution < 1.29 is 24.2 Å². The number of hydrogen-bond donors (Lipinski definition) is 5. The Bertz CT molecular complexity index is 1490. The molecule has 2 atom stereocenters. The first-order valence-electron chi connectivity index (χ1n) is 13.2. The average Bonchev–Trinajstić information content (AvgIpc) is 2.98. The molecule has 0 heterocycles. The Balaban J connectivity index is 0.00000155. The van der Waals surface area contributed by atoms with Gasteiger partial charge in [-0.1, -0.05) is 72.3 Å².